The lowest BCUT2D eigenvalue weighted by molar-refractivity contribution is -0.121. The van der Waals surface area contributed by atoms with Gasteiger partial charge in [-0.05, 0) is 30.7 Å². The van der Waals surface area contributed by atoms with Gasteiger partial charge >= 0.3 is 5.69 Å². The summed E-state index contributed by atoms with van der Waals surface area (Å²) in [5.74, 6) is 0.00794. The van der Waals surface area contributed by atoms with E-state index in [2.05, 4.69) is 10.3 Å². The Morgan fingerprint density at radius 3 is 2.91 bits per heavy atom. The zero-order valence-corrected chi connectivity index (χ0v) is 13.1. The first-order valence-electron chi connectivity index (χ1n) is 7.65. The summed E-state index contributed by atoms with van der Waals surface area (Å²) in [6.07, 6.45) is 5.29. The second-order valence-corrected chi connectivity index (χ2v) is 6.62. The Morgan fingerprint density at radius 1 is 1.36 bits per heavy atom. The first-order valence-corrected chi connectivity index (χ1v) is 8.53. The second-order valence-electron chi connectivity index (χ2n) is 5.70. The number of fused-ring (bicyclic) bond motifs is 1. The molecule has 22 heavy (non-hydrogen) atoms. The number of rotatable bonds is 5. The van der Waals surface area contributed by atoms with E-state index >= 15 is 0 Å². The molecule has 0 unspecified atom stereocenters. The predicted octanol–water partition coefficient (Wildman–Crippen LogP) is 1.59. The molecule has 0 saturated heterocycles. The number of aromatic nitrogens is 2. The molecule has 0 radical (unpaired) electrons. The van der Waals surface area contributed by atoms with E-state index in [1.54, 1.807) is 11.4 Å². The van der Waals surface area contributed by atoms with Gasteiger partial charge in [0.2, 0.25) is 5.91 Å². The Bertz CT molecular complexity index is 783. The number of nitrogens with one attached hydrogen (secondary N) is 2. The van der Waals surface area contributed by atoms with Crippen molar-refractivity contribution in [1.29, 1.82) is 0 Å². The highest BCUT2D eigenvalue weighted by atomic mass is 32.1. The molecule has 2 N–H and O–H groups in total. The van der Waals surface area contributed by atoms with E-state index < -0.39 is 5.69 Å². The number of thiophene rings is 1. The summed E-state index contributed by atoms with van der Waals surface area (Å²) in [6, 6.07) is 2.03. The van der Waals surface area contributed by atoms with Crippen molar-refractivity contribution >= 4 is 27.5 Å². The van der Waals surface area contributed by atoms with Crippen LogP contribution >= 0.6 is 11.3 Å². The van der Waals surface area contributed by atoms with Crippen LogP contribution in [0.25, 0.3) is 10.2 Å². The van der Waals surface area contributed by atoms with Gasteiger partial charge in [-0.3, -0.25) is 14.2 Å². The van der Waals surface area contributed by atoms with Gasteiger partial charge in [0.15, 0.2) is 0 Å². The maximum absolute atomic E-state index is 12.2. The molecule has 1 aliphatic rings. The average molecular weight is 321 g/mol. The van der Waals surface area contributed by atoms with Gasteiger partial charge in [-0.2, -0.15) is 0 Å². The van der Waals surface area contributed by atoms with Crippen LogP contribution in [0.5, 0.6) is 0 Å². The summed E-state index contributed by atoms with van der Waals surface area (Å²) in [6.45, 7) is 0.264. The van der Waals surface area contributed by atoms with Crippen LogP contribution in [0.15, 0.2) is 21.0 Å². The van der Waals surface area contributed by atoms with Gasteiger partial charge in [-0.1, -0.05) is 12.8 Å². The number of hydrogen-bond acceptors (Lipinski definition) is 4. The van der Waals surface area contributed by atoms with Crippen molar-refractivity contribution in [2.24, 2.45) is 0 Å². The van der Waals surface area contributed by atoms with Crippen LogP contribution in [0.4, 0.5) is 0 Å². The molecule has 2 aromatic rings. The molecule has 3 rings (SSSR count). The summed E-state index contributed by atoms with van der Waals surface area (Å²) in [4.78, 5) is 38.7. The van der Waals surface area contributed by atoms with E-state index in [-0.39, 0.29) is 18.0 Å². The highest BCUT2D eigenvalue weighted by Gasteiger charge is 2.17. The summed E-state index contributed by atoms with van der Waals surface area (Å²) < 4.78 is 1.73. The summed E-state index contributed by atoms with van der Waals surface area (Å²) in [5.41, 5.74) is -0.104. The zero-order valence-electron chi connectivity index (χ0n) is 12.3. The number of carbonyl (C=O) groups excluding carboxylic acids is 1. The lowest BCUT2D eigenvalue weighted by Gasteiger charge is -2.11. The van der Waals surface area contributed by atoms with Crippen molar-refractivity contribution < 1.29 is 4.79 Å². The predicted molar refractivity (Wildman–Crippen MR) is 86.3 cm³/mol. The number of H-pyrrole nitrogens is 1. The Hall–Kier alpha value is -1.89. The lowest BCUT2D eigenvalue weighted by Crippen LogP contribution is -2.36. The van der Waals surface area contributed by atoms with E-state index in [9.17, 15) is 14.4 Å². The van der Waals surface area contributed by atoms with Crippen LogP contribution in [0, 0.1) is 0 Å². The average Bonchev–Trinajstić information content (AvgIpc) is 3.13. The molecule has 0 atom stereocenters. The van der Waals surface area contributed by atoms with Crippen molar-refractivity contribution in [2.75, 3.05) is 0 Å². The molecule has 118 valence electrons. The Labute approximate surface area is 131 Å². The van der Waals surface area contributed by atoms with Crippen LogP contribution < -0.4 is 16.6 Å². The Morgan fingerprint density at radius 2 is 2.14 bits per heavy atom. The van der Waals surface area contributed by atoms with Gasteiger partial charge in [0.25, 0.3) is 5.56 Å². The summed E-state index contributed by atoms with van der Waals surface area (Å²) in [5, 5.41) is 4.79. The zero-order chi connectivity index (χ0) is 15.5. The molecular weight excluding hydrogens is 302 g/mol. The SMILES string of the molecule is O=C(CCCn1c(=O)[nH]c2ccsc2c1=O)NC1CCCC1. The number of carbonyl (C=O) groups is 1. The number of amides is 1. The Kier molecular flexibility index (Phi) is 4.42. The van der Waals surface area contributed by atoms with Crippen molar-refractivity contribution in [3.8, 4) is 0 Å². The van der Waals surface area contributed by atoms with Gasteiger partial charge in [0.05, 0.1) is 5.52 Å². The fraction of sp³-hybridized carbons (Fsp3) is 0.533. The minimum Gasteiger partial charge on any atom is -0.353 e. The van der Waals surface area contributed by atoms with E-state index in [1.165, 1.54) is 28.7 Å². The Balaban J connectivity index is 1.60. The summed E-state index contributed by atoms with van der Waals surface area (Å²) in [7, 11) is 0. The molecule has 0 aliphatic heterocycles. The van der Waals surface area contributed by atoms with Crippen LogP contribution in [-0.2, 0) is 11.3 Å². The maximum atomic E-state index is 12.2. The van der Waals surface area contributed by atoms with Crippen LogP contribution in [0.1, 0.15) is 38.5 Å². The molecular formula is C15H19N3O3S. The van der Waals surface area contributed by atoms with E-state index in [0.29, 0.717) is 29.1 Å². The van der Waals surface area contributed by atoms with Crippen LogP contribution in [0.2, 0.25) is 0 Å². The number of aromatic amines is 1. The van der Waals surface area contributed by atoms with Crippen LogP contribution in [0.3, 0.4) is 0 Å². The normalized spacial score (nSPS) is 15.5. The molecule has 1 fully saturated rings. The second kappa shape index (κ2) is 6.48. The third-order valence-corrected chi connectivity index (χ3v) is 5.00. The van der Waals surface area contributed by atoms with E-state index in [4.69, 9.17) is 0 Å². The van der Waals surface area contributed by atoms with E-state index in [0.717, 1.165) is 12.8 Å². The van der Waals surface area contributed by atoms with Crippen LogP contribution in [-0.4, -0.2) is 21.5 Å². The molecule has 2 aromatic heterocycles. The molecule has 7 heteroatoms. The standard InChI is InChI=1S/C15H19N3O3S/c19-12(16-10-4-1-2-5-10)6-3-8-18-14(20)13-11(7-9-22-13)17-15(18)21/h7,9-10H,1-6,8H2,(H,16,19)(H,17,21). The smallest absolute Gasteiger partial charge is 0.328 e. The van der Waals surface area contributed by atoms with Crippen molar-refractivity contribution in [2.45, 2.75) is 51.1 Å². The molecule has 0 spiro atoms. The summed E-state index contributed by atoms with van der Waals surface area (Å²) >= 11 is 1.32. The minimum atomic E-state index is -0.410. The highest BCUT2D eigenvalue weighted by Crippen LogP contribution is 2.17. The number of nitrogens with zero attached hydrogens (tertiary/aromatic N) is 1. The molecule has 0 aromatic carbocycles. The fourth-order valence-corrected chi connectivity index (χ4v) is 3.74. The molecule has 1 aliphatic carbocycles. The first-order chi connectivity index (χ1) is 10.6. The molecule has 2 heterocycles. The van der Waals surface area contributed by atoms with Gasteiger partial charge in [-0.25, -0.2) is 4.79 Å². The maximum Gasteiger partial charge on any atom is 0.328 e. The molecule has 0 bridgehead atoms. The quantitative estimate of drug-likeness (QED) is 0.877. The fourth-order valence-electron chi connectivity index (χ4n) is 2.94. The van der Waals surface area contributed by atoms with Crippen molar-refractivity contribution in [3.63, 3.8) is 0 Å². The lowest BCUT2D eigenvalue weighted by atomic mass is 10.2. The minimum absolute atomic E-state index is 0.00794. The van der Waals surface area contributed by atoms with Crippen molar-refractivity contribution in [1.82, 2.24) is 14.9 Å². The van der Waals surface area contributed by atoms with Gasteiger partial charge in [-0.15, -0.1) is 11.3 Å². The molecule has 1 saturated carbocycles. The van der Waals surface area contributed by atoms with E-state index in [1.807, 2.05) is 0 Å². The molecule has 1 amide bonds. The largest absolute Gasteiger partial charge is 0.353 e. The molecule has 6 nitrogen and oxygen atoms in total. The topological polar surface area (TPSA) is 84.0 Å². The third kappa shape index (κ3) is 3.14. The first kappa shape index (κ1) is 15.0. The van der Waals surface area contributed by atoms with Gasteiger partial charge in [0, 0.05) is 19.0 Å². The van der Waals surface area contributed by atoms with Gasteiger partial charge in [0.1, 0.15) is 4.70 Å². The van der Waals surface area contributed by atoms with Crippen molar-refractivity contribution in [3.05, 3.63) is 32.3 Å². The van der Waals surface area contributed by atoms with Gasteiger partial charge < -0.3 is 10.3 Å². The number of hydrogen-bond donors (Lipinski definition) is 2. The highest BCUT2D eigenvalue weighted by molar-refractivity contribution is 7.17. The third-order valence-electron chi connectivity index (χ3n) is 4.10. The monoisotopic (exact) mass is 321 g/mol.